The van der Waals surface area contributed by atoms with Crippen LogP contribution in [-0.2, 0) is 4.79 Å². The van der Waals surface area contributed by atoms with Crippen LogP contribution < -0.4 is 0 Å². The minimum atomic E-state index is -0.150. The Balaban J connectivity index is 1.26. The van der Waals surface area contributed by atoms with Gasteiger partial charge in [-0.05, 0) is 105 Å². The lowest BCUT2D eigenvalue weighted by molar-refractivity contribution is -0.132. The van der Waals surface area contributed by atoms with Crippen molar-refractivity contribution < 1.29 is 9.90 Å². The van der Waals surface area contributed by atoms with E-state index in [1.54, 1.807) is 0 Å². The third-order valence-electron chi connectivity index (χ3n) is 10.5. The molecule has 29 heavy (non-hydrogen) atoms. The van der Waals surface area contributed by atoms with Crippen molar-refractivity contribution in [2.45, 2.75) is 90.6 Å². The van der Waals surface area contributed by atoms with Crippen molar-refractivity contribution in [3.8, 4) is 0 Å². The number of carbonyl (C=O) groups excluding carboxylic acids is 1. The topological polar surface area (TPSA) is 40.5 Å². The third kappa shape index (κ3) is 3.63. The smallest absolute Gasteiger partial charge is 0.150 e. The van der Waals surface area contributed by atoms with Gasteiger partial charge >= 0.3 is 0 Å². The maximum absolute atomic E-state index is 13.4. The largest absolute Gasteiger partial charge is 0.393 e. The van der Waals surface area contributed by atoms with Crippen molar-refractivity contribution >= 4 is 5.78 Å². The van der Waals surface area contributed by atoms with Gasteiger partial charge in [0.15, 0.2) is 0 Å². The van der Waals surface area contributed by atoms with Crippen LogP contribution in [0.1, 0.15) is 84.5 Å². The van der Waals surface area contributed by atoms with Gasteiger partial charge in [0.05, 0.1) is 12.6 Å². The highest BCUT2D eigenvalue weighted by Crippen LogP contribution is 2.64. The molecule has 164 valence electrons. The molecule has 1 N–H and O–H groups in total. The Morgan fingerprint density at radius 2 is 1.69 bits per heavy atom. The number of hydrogen-bond acceptors (Lipinski definition) is 3. The lowest BCUT2D eigenvalue weighted by Crippen LogP contribution is -2.50. The zero-order valence-corrected chi connectivity index (χ0v) is 18.8. The van der Waals surface area contributed by atoms with E-state index >= 15 is 0 Å². The van der Waals surface area contributed by atoms with Gasteiger partial charge < -0.3 is 5.11 Å². The molecule has 5 fully saturated rings. The van der Waals surface area contributed by atoms with Crippen LogP contribution >= 0.6 is 0 Å². The monoisotopic (exact) mass is 401 g/mol. The first-order valence-electron chi connectivity index (χ1n) is 12.9. The maximum atomic E-state index is 13.4. The molecular formula is C26H43NO2. The van der Waals surface area contributed by atoms with Crippen LogP contribution in [0.2, 0.25) is 0 Å². The van der Waals surface area contributed by atoms with Gasteiger partial charge in [-0.3, -0.25) is 9.69 Å². The van der Waals surface area contributed by atoms with Gasteiger partial charge in [-0.15, -0.1) is 0 Å². The van der Waals surface area contributed by atoms with Crippen molar-refractivity contribution in [3.05, 3.63) is 0 Å². The van der Waals surface area contributed by atoms with Crippen LogP contribution in [0.3, 0.4) is 0 Å². The van der Waals surface area contributed by atoms with Gasteiger partial charge in [0.2, 0.25) is 0 Å². The van der Waals surface area contributed by atoms with Gasteiger partial charge in [-0.2, -0.15) is 0 Å². The zero-order chi connectivity index (χ0) is 20.2. The number of aliphatic hydroxyl groups excluding tert-OH is 1. The molecule has 5 rings (SSSR count). The number of aliphatic hydroxyl groups is 1. The Morgan fingerprint density at radius 1 is 0.931 bits per heavy atom. The fourth-order valence-electron chi connectivity index (χ4n) is 9.02. The molecule has 0 aromatic carbocycles. The summed E-state index contributed by atoms with van der Waals surface area (Å²) in [6.07, 6.45) is 14.0. The summed E-state index contributed by atoms with van der Waals surface area (Å²) in [5.41, 5.74) is 0.266. The summed E-state index contributed by atoms with van der Waals surface area (Å²) in [6.45, 7) is 7.39. The number of carbonyl (C=O) groups is 1. The molecular weight excluding hydrogens is 358 g/mol. The molecule has 3 nitrogen and oxygen atoms in total. The van der Waals surface area contributed by atoms with Gasteiger partial charge in [0.25, 0.3) is 0 Å². The summed E-state index contributed by atoms with van der Waals surface area (Å²) < 4.78 is 0. The average Bonchev–Trinajstić information content (AvgIpc) is 3.06. The predicted molar refractivity (Wildman–Crippen MR) is 116 cm³/mol. The first-order chi connectivity index (χ1) is 14.0. The SMILES string of the molecule is CC1CCC2C(CCC3C2CCC2(C)C(C(=O)CN4CCC(O)CC4)CCC32)C1. The van der Waals surface area contributed by atoms with Crippen LogP contribution in [0.15, 0.2) is 0 Å². The van der Waals surface area contributed by atoms with E-state index < -0.39 is 0 Å². The normalized spacial score (nSPS) is 48.6. The third-order valence-corrected chi connectivity index (χ3v) is 10.5. The molecule has 0 aromatic heterocycles. The molecule has 4 aliphatic carbocycles. The Hall–Kier alpha value is -0.410. The van der Waals surface area contributed by atoms with E-state index in [1.807, 2.05) is 0 Å². The summed E-state index contributed by atoms with van der Waals surface area (Å²) in [5, 5.41) is 9.76. The van der Waals surface area contributed by atoms with Crippen molar-refractivity contribution in [2.24, 2.45) is 46.8 Å². The molecule has 8 unspecified atom stereocenters. The second-order valence-electron chi connectivity index (χ2n) is 12.0. The van der Waals surface area contributed by atoms with E-state index in [9.17, 15) is 9.90 Å². The minimum absolute atomic E-state index is 0.150. The number of hydrogen-bond donors (Lipinski definition) is 1. The van der Waals surface area contributed by atoms with Crippen molar-refractivity contribution in [1.82, 2.24) is 4.90 Å². The van der Waals surface area contributed by atoms with Crippen molar-refractivity contribution in [3.63, 3.8) is 0 Å². The van der Waals surface area contributed by atoms with Crippen LogP contribution in [0.25, 0.3) is 0 Å². The summed E-state index contributed by atoms with van der Waals surface area (Å²) in [5.74, 6) is 6.46. The number of ketones is 1. The first kappa shape index (κ1) is 20.5. The number of fused-ring (bicyclic) bond motifs is 5. The molecule has 5 aliphatic rings. The first-order valence-corrected chi connectivity index (χ1v) is 12.9. The average molecular weight is 402 g/mol. The van der Waals surface area contributed by atoms with Gasteiger partial charge in [-0.25, -0.2) is 0 Å². The molecule has 0 bridgehead atoms. The van der Waals surface area contributed by atoms with Crippen molar-refractivity contribution in [2.75, 3.05) is 19.6 Å². The fourth-order valence-corrected chi connectivity index (χ4v) is 9.02. The summed E-state index contributed by atoms with van der Waals surface area (Å²) in [7, 11) is 0. The lowest BCUT2D eigenvalue weighted by atomic mass is 9.49. The van der Waals surface area contributed by atoms with Crippen LogP contribution in [-0.4, -0.2) is 41.5 Å². The Morgan fingerprint density at radius 3 is 2.48 bits per heavy atom. The van der Waals surface area contributed by atoms with Crippen molar-refractivity contribution in [1.29, 1.82) is 0 Å². The zero-order valence-electron chi connectivity index (χ0n) is 18.8. The van der Waals surface area contributed by atoms with E-state index in [2.05, 4.69) is 18.7 Å². The molecule has 8 atom stereocenters. The van der Waals surface area contributed by atoms with Gasteiger partial charge in [0, 0.05) is 19.0 Å². The number of rotatable bonds is 3. The summed E-state index contributed by atoms with van der Waals surface area (Å²) >= 11 is 0. The lowest BCUT2D eigenvalue weighted by Gasteiger charge is -2.56. The van der Waals surface area contributed by atoms with Crippen LogP contribution in [0.5, 0.6) is 0 Å². The molecule has 0 amide bonds. The maximum Gasteiger partial charge on any atom is 0.150 e. The standard InChI is InChI=1S/C26H43NO2/c1-17-3-5-20-18(15-17)4-6-22-21(20)9-12-26(2)23(22)7-8-24(26)25(29)16-27-13-10-19(28)11-14-27/h17-24,28H,3-16H2,1-2H3. The number of likely N-dealkylation sites (tertiary alicyclic amines) is 1. The fraction of sp³-hybridized carbons (Fsp3) is 0.962. The molecule has 1 aliphatic heterocycles. The Labute approximate surface area is 178 Å². The highest BCUT2D eigenvalue weighted by molar-refractivity contribution is 5.84. The highest BCUT2D eigenvalue weighted by atomic mass is 16.3. The Bertz CT molecular complexity index is 612. The van der Waals surface area contributed by atoms with E-state index in [-0.39, 0.29) is 11.5 Å². The minimum Gasteiger partial charge on any atom is -0.393 e. The van der Waals surface area contributed by atoms with E-state index in [1.165, 1.54) is 51.4 Å². The second-order valence-corrected chi connectivity index (χ2v) is 12.0. The van der Waals surface area contributed by atoms with Crippen LogP contribution in [0.4, 0.5) is 0 Å². The Kier molecular flexibility index (Phi) is 5.60. The molecule has 0 aromatic rings. The van der Waals surface area contributed by atoms with Gasteiger partial charge in [-0.1, -0.05) is 20.3 Å². The van der Waals surface area contributed by atoms with E-state index in [0.717, 1.165) is 67.9 Å². The van der Waals surface area contributed by atoms with E-state index in [0.29, 0.717) is 18.2 Å². The number of piperidine rings is 1. The number of nitrogens with zero attached hydrogens (tertiary/aromatic N) is 1. The molecule has 4 saturated carbocycles. The number of Topliss-reactive ketones (excluding diaryl/α,β-unsaturated/α-hetero) is 1. The quantitative estimate of drug-likeness (QED) is 0.730. The highest BCUT2D eigenvalue weighted by Gasteiger charge is 2.58. The molecule has 0 spiro atoms. The molecule has 1 saturated heterocycles. The summed E-state index contributed by atoms with van der Waals surface area (Å²) in [6, 6.07) is 0. The molecule has 0 radical (unpaired) electrons. The summed E-state index contributed by atoms with van der Waals surface area (Å²) in [4.78, 5) is 15.7. The predicted octanol–water partition coefficient (Wildman–Crippen LogP) is 4.92. The van der Waals surface area contributed by atoms with E-state index in [4.69, 9.17) is 0 Å². The van der Waals surface area contributed by atoms with Crippen LogP contribution in [0, 0.1) is 46.8 Å². The molecule has 1 heterocycles. The second kappa shape index (κ2) is 7.93. The van der Waals surface area contributed by atoms with Gasteiger partial charge in [0.1, 0.15) is 5.78 Å². The molecule has 3 heteroatoms.